The Balaban J connectivity index is 1.50. The second-order valence-corrected chi connectivity index (χ2v) is 9.69. The van der Waals surface area contributed by atoms with Crippen molar-refractivity contribution in [2.24, 2.45) is 13.0 Å². The molecule has 0 N–H and O–H groups in total. The molecule has 1 aliphatic rings. The first-order valence-electron chi connectivity index (χ1n) is 13.2. The minimum absolute atomic E-state index is 0.0311. The van der Waals surface area contributed by atoms with Gasteiger partial charge in [-0.3, -0.25) is 14.2 Å². The zero-order valence-corrected chi connectivity index (χ0v) is 22.3. The van der Waals surface area contributed by atoms with E-state index < -0.39 is 6.61 Å². The van der Waals surface area contributed by atoms with Gasteiger partial charge in [-0.15, -0.1) is 0 Å². The van der Waals surface area contributed by atoms with Crippen LogP contribution in [0.4, 0.5) is 8.78 Å². The van der Waals surface area contributed by atoms with Crippen LogP contribution in [-0.2, 0) is 11.8 Å². The second kappa shape index (κ2) is 10.7. The van der Waals surface area contributed by atoms with E-state index in [4.69, 9.17) is 9.47 Å². The molecule has 0 bridgehead atoms. The molecule has 6 rings (SSSR count). The molecule has 2 aromatic carbocycles. The number of nitrogens with zero attached hydrogens (tertiary/aromatic N) is 4. The standard InChI is InChI=1S/C30H26F2N4O5/c1-3-40-25-11-5-18-14-22(29(38)36(27(18)34-25)20-6-8-21(9-7-20)41-30(31)32)17-4-10-23-24(15-17)35(2)28(33-23)26(37)19-12-13-39-16-19/h4-11,14-15,19,30H,3,12-13,16H2,1-2H3. The van der Waals surface area contributed by atoms with Gasteiger partial charge >= 0.3 is 6.61 Å². The molecule has 4 heterocycles. The average molecular weight is 561 g/mol. The van der Waals surface area contributed by atoms with Crippen LogP contribution in [0.1, 0.15) is 24.0 Å². The maximum Gasteiger partial charge on any atom is 0.387 e. The lowest BCUT2D eigenvalue weighted by atomic mass is 10.0. The number of imidazole rings is 1. The van der Waals surface area contributed by atoms with Gasteiger partial charge in [0.15, 0.2) is 11.5 Å². The van der Waals surface area contributed by atoms with E-state index in [2.05, 4.69) is 14.7 Å². The topological polar surface area (TPSA) is 97.5 Å². The van der Waals surface area contributed by atoms with E-state index in [9.17, 15) is 18.4 Å². The fourth-order valence-corrected chi connectivity index (χ4v) is 5.12. The van der Waals surface area contributed by atoms with Gasteiger partial charge in [-0.2, -0.15) is 13.8 Å². The predicted octanol–water partition coefficient (Wildman–Crippen LogP) is 5.16. The van der Waals surface area contributed by atoms with E-state index in [1.807, 2.05) is 19.1 Å². The zero-order chi connectivity index (χ0) is 28.7. The monoisotopic (exact) mass is 560 g/mol. The number of alkyl halides is 2. The summed E-state index contributed by atoms with van der Waals surface area (Å²) in [6, 6.07) is 16.5. The fourth-order valence-electron chi connectivity index (χ4n) is 5.12. The third-order valence-electron chi connectivity index (χ3n) is 7.15. The zero-order valence-electron chi connectivity index (χ0n) is 22.3. The van der Waals surface area contributed by atoms with Gasteiger partial charge in [0.2, 0.25) is 11.7 Å². The largest absolute Gasteiger partial charge is 0.478 e. The lowest BCUT2D eigenvalue weighted by molar-refractivity contribution is -0.0498. The van der Waals surface area contributed by atoms with Crippen molar-refractivity contribution in [1.29, 1.82) is 0 Å². The number of carbonyl (C=O) groups is 1. The lowest BCUT2D eigenvalue weighted by Gasteiger charge is -2.14. The SMILES string of the molecule is CCOc1ccc2cc(-c3ccc4nc(C(=O)C5CCOC5)n(C)c4c3)c(=O)n(-c3ccc(OC(F)F)cc3)c2n1. The van der Waals surface area contributed by atoms with E-state index in [0.717, 1.165) is 0 Å². The Morgan fingerprint density at radius 1 is 1.10 bits per heavy atom. The van der Waals surface area contributed by atoms with Crippen LogP contribution in [0.5, 0.6) is 11.6 Å². The van der Waals surface area contributed by atoms with Crippen molar-refractivity contribution in [2.75, 3.05) is 19.8 Å². The first kappa shape index (κ1) is 26.6. The molecule has 41 heavy (non-hydrogen) atoms. The molecule has 5 aromatic rings. The first-order chi connectivity index (χ1) is 19.8. The van der Waals surface area contributed by atoms with Crippen LogP contribution in [0.25, 0.3) is 38.9 Å². The lowest BCUT2D eigenvalue weighted by Crippen LogP contribution is -2.21. The Morgan fingerprint density at radius 3 is 2.61 bits per heavy atom. The summed E-state index contributed by atoms with van der Waals surface area (Å²) in [6.45, 7) is 0.203. The number of ketones is 1. The Morgan fingerprint density at radius 2 is 1.90 bits per heavy atom. The summed E-state index contributed by atoms with van der Waals surface area (Å²) in [5.41, 5.74) is 2.74. The van der Waals surface area contributed by atoms with E-state index in [0.29, 0.717) is 76.8 Å². The maximum absolute atomic E-state index is 14.1. The molecule has 9 nitrogen and oxygen atoms in total. The number of pyridine rings is 2. The number of hydrogen-bond donors (Lipinski definition) is 0. The van der Waals surface area contributed by atoms with Gasteiger partial charge in [-0.05, 0) is 67.4 Å². The van der Waals surface area contributed by atoms with Crippen molar-refractivity contribution in [2.45, 2.75) is 20.0 Å². The van der Waals surface area contributed by atoms with Crippen LogP contribution in [0.3, 0.4) is 0 Å². The van der Waals surface area contributed by atoms with Gasteiger partial charge in [0.25, 0.3) is 5.56 Å². The quantitative estimate of drug-likeness (QED) is 0.242. The number of hydrogen-bond acceptors (Lipinski definition) is 7. The highest BCUT2D eigenvalue weighted by atomic mass is 19.3. The van der Waals surface area contributed by atoms with Gasteiger partial charge in [0, 0.05) is 30.7 Å². The molecule has 210 valence electrons. The van der Waals surface area contributed by atoms with Crippen LogP contribution in [-0.4, -0.2) is 51.3 Å². The number of aromatic nitrogens is 4. The Kier molecular flexibility index (Phi) is 6.96. The number of Topliss-reactive ketones (excluding diaryl/α,β-unsaturated/α-hetero) is 1. The van der Waals surface area contributed by atoms with Crippen molar-refractivity contribution in [3.05, 3.63) is 76.8 Å². The molecule has 0 saturated carbocycles. The highest BCUT2D eigenvalue weighted by Crippen LogP contribution is 2.29. The van der Waals surface area contributed by atoms with Gasteiger partial charge in [-0.1, -0.05) is 6.07 Å². The van der Waals surface area contributed by atoms with Crippen molar-refractivity contribution in [3.8, 4) is 28.4 Å². The fraction of sp³-hybridized carbons (Fsp3) is 0.267. The summed E-state index contributed by atoms with van der Waals surface area (Å²) in [7, 11) is 1.78. The van der Waals surface area contributed by atoms with E-state index in [1.54, 1.807) is 35.9 Å². The predicted molar refractivity (Wildman–Crippen MR) is 148 cm³/mol. The average Bonchev–Trinajstić information content (AvgIpc) is 3.61. The number of fused-ring (bicyclic) bond motifs is 2. The summed E-state index contributed by atoms with van der Waals surface area (Å²) in [6.07, 6.45) is 0.665. The van der Waals surface area contributed by atoms with Crippen LogP contribution >= 0.6 is 0 Å². The smallest absolute Gasteiger partial charge is 0.387 e. The summed E-state index contributed by atoms with van der Waals surface area (Å²) < 4.78 is 44.0. The maximum atomic E-state index is 14.1. The van der Waals surface area contributed by atoms with Crippen LogP contribution in [0.15, 0.2) is 65.5 Å². The normalized spacial score (nSPS) is 15.2. The minimum atomic E-state index is -2.97. The third-order valence-corrected chi connectivity index (χ3v) is 7.15. The van der Waals surface area contributed by atoms with Crippen LogP contribution < -0.4 is 15.0 Å². The molecule has 1 saturated heterocycles. The van der Waals surface area contributed by atoms with Crippen molar-refractivity contribution in [3.63, 3.8) is 0 Å². The number of benzene rings is 2. The van der Waals surface area contributed by atoms with E-state index in [-0.39, 0.29) is 23.0 Å². The Hall–Kier alpha value is -4.64. The van der Waals surface area contributed by atoms with Gasteiger partial charge in [-0.25, -0.2) is 4.98 Å². The summed E-state index contributed by atoms with van der Waals surface area (Å²) in [5.74, 6) is 0.383. The van der Waals surface area contributed by atoms with Crippen LogP contribution in [0.2, 0.25) is 0 Å². The molecule has 1 aliphatic heterocycles. The van der Waals surface area contributed by atoms with Crippen molar-refractivity contribution < 1.29 is 27.8 Å². The van der Waals surface area contributed by atoms with Crippen LogP contribution in [0, 0.1) is 5.92 Å². The number of carbonyl (C=O) groups excluding carboxylic acids is 1. The Bertz CT molecular complexity index is 1830. The number of halogens is 2. The molecule has 3 aromatic heterocycles. The molecule has 11 heteroatoms. The molecular weight excluding hydrogens is 534 g/mol. The van der Waals surface area contributed by atoms with Crippen molar-refractivity contribution in [1.82, 2.24) is 19.1 Å². The van der Waals surface area contributed by atoms with Gasteiger partial charge in [0.1, 0.15) is 5.75 Å². The summed E-state index contributed by atoms with van der Waals surface area (Å²) >= 11 is 0. The number of rotatable bonds is 8. The van der Waals surface area contributed by atoms with Crippen molar-refractivity contribution >= 4 is 27.9 Å². The molecule has 0 aliphatic carbocycles. The molecule has 1 fully saturated rings. The number of ether oxygens (including phenoxy) is 3. The van der Waals surface area contributed by atoms with Gasteiger partial charge in [0.05, 0.1) is 35.9 Å². The molecule has 0 amide bonds. The molecular formula is C30H26F2N4O5. The molecule has 0 radical (unpaired) electrons. The highest BCUT2D eigenvalue weighted by Gasteiger charge is 2.28. The third kappa shape index (κ3) is 4.93. The second-order valence-electron chi connectivity index (χ2n) is 9.69. The minimum Gasteiger partial charge on any atom is -0.478 e. The summed E-state index contributed by atoms with van der Waals surface area (Å²) in [5, 5.41) is 0.665. The number of aryl methyl sites for hydroxylation is 1. The Labute approximate surface area is 232 Å². The molecule has 1 unspecified atom stereocenters. The summed E-state index contributed by atoms with van der Waals surface area (Å²) in [4.78, 5) is 36.3. The van der Waals surface area contributed by atoms with E-state index in [1.165, 1.54) is 28.8 Å². The highest BCUT2D eigenvalue weighted by molar-refractivity contribution is 5.99. The molecule has 1 atom stereocenters. The van der Waals surface area contributed by atoms with Gasteiger partial charge < -0.3 is 18.8 Å². The first-order valence-corrected chi connectivity index (χ1v) is 13.2. The van der Waals surface area contributed by atoms with E-state index >= 15 is 0 Å². The molecule has 0 spiro atoms.